The second kappa shape index (κ2) is 10.5. The minimum Gasteiger partial charge on any atom is -0.444 e. The number of ether oxygens (including phenoxy) is 1. The van der Waals surface area contributed by atoms with Gasteiger partial charge in [-0.2, -0.15) is 0 Å². The second-order valence-corrected chi connectivity index (χ2v) is 8.20. The molecule has 0 aromatic carbocycles. The van der Waals surface area contributed by atoms with Crippen LogP contribution in [0.15, 0.2) is 9.64 Å². The largest absolute Gasteiger partial charge is 0.444 e. The Morgan fingerprint density at radius 2 is 1.85 bits per heavy atom. The maximum absolute atomic E-state index is 12.1. The maximum atomic E-state index is 12.1. The van der Waals surface area contributed by atoms with Crippen molar-refractivity contribution in [1.29, 1.82) is 0 Å². The number of thioether (sulfide) groups is 1. The van der Waals surface area contributed by atoms with Gasteiger partial charge < -0.3 is 19.4 Å². The molecule has 0 saturated heterocycles. The van der Waals surface area contributed by atoms with Crippen LogP contribution in [0.1, 0.15) is 66.8 Å². The van der Waals surface area contributed by atoms with Gasteiger partial charge in [0.15, 0.2) is 0 Å². The molecule has 9 heteroatoms. The Hall–Kier alpha value is -1.77. The zero-order valence-corrected chi connectivity index (χ0v) is 18.2. The predicted octanol–water partition coefficient (Wildman–Crippen LogP) is 3.64. The van der Waals surface area contributed by atoms with E-state index in [9.17, 15) is 9.59 Å². The Kier molecular flexibility index (Phi) is 9.08. The van der Waals surface area contributed by atoms with Crippen LogP contribution >= 0.6 is 11.8 Å². The number of amides is 2. The fourth-order valence-corrected chi connectivity index (χ4v) is 2.99. The summed E-state index contributed by atoms with van der Waals surface area (Å²) < 4.78 is 11.0. The molecular formula is C18H32N4O4S. The molecule has 0 spiro atoms. The molecule has 0 aliphatic rings. The number of rotatable bonds is 9. The third-order valence-corrected chi connectivity index (χ3v) is 4.81. The van der Waals surface area contributed by atoms with Crippen molar-refractivity contribution < 1.29 is 18.7 Å². The Bertz CT molecular complexity index is 611. The average molecular weight is 401 g/mol. The lowest BCUT2D eigenvalue weighted by Crippen LogP contribution is -2.37. The Balaban J connectivity index is 2.79. The summed E-state index contributed by atoms with van der Waals surface area (Å²) in [7, 11) is 0. The summed E-state index contributed by atoms with van der Waals surface area (Å²) >= 11 is 1.20. The fourth-order valence-electron chi connectivity index (χ4n) is 2.31. The van der Waals surface area contributed by atoms with E-state index in [0.29, 0.717) is 24.2 Å². The standard InChI is InChI=1S/C18H32N4O4S/c1-8-12(4)14(19-16(24)26-18(5,6)7)15-20-21-17(25-15)27-11-13(23)22(9-2)10-3/h12,14H,8-11H2,1-7H3,(H,19,24)/t12-,14-/m0/s1. The van der Waals surface area contributed by atoms with Crippen molar-refractivity contribution in [1.82, 2.24) is 20.4 Å². The molecule has 0 radical (unpaired) electrons. The van der Waals surface area contributed by atoms with Gasteiger partial charge in [-0.15, -0.1) is 10.2 Å². The SMILES string of the molecule is CC[C@H](C)[C@H](NC(=O)OC(C)(C)C)c1nnc(SCC(=O)N(CC)CC)o1. The van der Waals surface area contributed by atoms with E-state index < -0.39 is 17.7 Å². The molecule has 8 nitrogen and oxygen atoms in total. The van der Waals surface area contributed by atoms with Gasteiger partial charge in [-0.05, 0) is 40.5 Å². The number of aromatic nitrogens is 2. The molecule has 1 N–H and O–H groups in total. The number of hydrogen-bond donors (Lipinski definition) is 1. The van der Waals surface area contributed by atoms with E-state index in [1.165, 1.54) is 11.8 Å². The van der Waals surface area contributed by atoms with Gasteiger partial charge in [-0.25, -0.2) is 4.79 Å². The highest BCUT2D eigenvalue weighted by molar-refractivity contribution is 7.99. The molecule has 0 unspecified atom stereocenters. The first-order chi connectivity index (χ1) is 12.6. The molecule has 1 heterocycles. The zero-order valence-electron chi connectivity index (χ0n) is 17.4. The van der Waals surface area contributed by atoms with Gasteiger partial charge >= 0.3 is 6.09 Å². The molecule has 0 fully saturated rings. The highest BCUT2D eigenvalue weighted by atomic mass is 32.2. The molecule has 1 aromatic rings. The van der Waals surface area contributed by atoms with E-state index in [0.717, 1.165) is 6.42 Å². The van der Waals surface area contributed by atoms with Crippen molar-refractivity contribution >= 4 is 23.8 Å². The van der Waals surface area contributed by atoms with Crippen LogP contribution in [-0.4, -0.2) is 51.5 Å². The average Bonchev–Trinajstić information content (AvgIpc) is 3.05. The van der Waals surface area contributed by atoms with Crippen LogP contribution < -0.4 is 5.32 Å². The minimum atomic E-state index is -0.593. The molecule has 1 rings (SSSR count). The summed E-state index contributed by atoms with van der Waals surface area (Å²) in [6.45, 7) is 14.6. The summed E-state index contributed by atoms with van der Waals surface area (Å²) in [5, 5.41) is 11.2. The Morgan fingerprint density at radius 1 is 1.22 bits per heavy atom. The van der Waals surface area contributed by atoms with Gasteiger partial charge in [0.2, 0.25) is 11.8 Å². The quantitative estimate of drug-likeness (QED) is 0.632. The van der Waals surface area contributed by atoms with Crippen LogP contribution in [0, 0.1) is 5.92 Å². The van der Waals surface area contributed by atoms with E-state index in [4.69, 9.17) is 9.15 Å². The first-order valence-electron chi connectivity index (χ1n) is 9.34. The van der Waals surface area contributed by atoms with Crippen molar-refractivity contribution in [3.63, 3.8) is 0 Å². The van der Waals surface area contributed by atoms with Crippen LogP contribution in [-0.2, 0) is 9.53 Å². The molecule has 0 bridgehead atoms. The van der Waals surface area contributed by atoms with E-state index >= 15 is 0 Å². The summed E-state index contributed by atoms with van der Waals surface area (Å²) in [5.41, 5.74) is -0.593. The van der Waals surface area contributed by atoms with Crippen molar-refractivity contribution in [3.05, 3.63) is 5.89 Å². The monoisotopic (exact) mass is 400 g/mol. The molecule has 154 valence electrons. The summed E-state index contributed by atoms with van der Waals surface area (Å²) in [6.07, 6.45) is 0.281. The van der Waals surface area contributed by atoms with Crippen molar-refractivity contribution in [2.75, 3.05) is 18.8 Å². The molecular weight excluding hydrogens is 368 g/mol. The van der Waals surface area contributed by atoms with E-state index in [1.54, 1.807) is 25.7 Å². The number of carbonyl (C=O) groups is 2. The molecule has 1 aromatic heterocycles. The van der Waals surface area contributed by atoms with Crippen molar-refractivity contribution in [3.8, 4) is 0 Å². The predicted molar refractivity (Wildman–Crippen MR) is 105 cm³/mol. The van der Waals surface area contributed by atoms with E-state index in [1.807, 2.05) is 27.7 Å². The number of hydrogen-bond acceptors (Lipinski definition) is 7. The highest BCUT2D eigenvalue weighted by Crippen LogP contribution is 2.27. The van der Waals surface area contributed by atoms with E-state index in [2.05, 4.69) is 15.5 Å². The van der Waals surface area contributed by atoms with Crippen LogP contribution in [0.4, 0.5) is 4.79 Å². The maximum Gasteiger partial charge on any atom is 0.408 e. The lowest BCUT2D eigenvalue weighted by molar-refractivity contribution is -0.127. The van der Waals surface area contributed by atoms with Crippen LogP contribution in [0.5, 0.6) is 0 Å². The third-order valence-electron chi connectivity index (χ3n) is 4.01. The molecule has 2 amide bonds. The highest BCUT2D eigenvalue weighted by Gasteiger charge is 2.28. The summed E-state index contributed by atoms with van der Waals surface area (Å²) in [6, 6.07) is -0.454. The number of nitrogens with zero attached hydrogens (tertiary/aromatic N) is 3. The Labute approximate surface area is 165 Å². The van der Waals surface area contributed by atoms with Gasteiger partial charge in [-0.1, -0.05) is 32.0 Å². The molecule has 0 aliphatic carbocycles. The first-order valence-corrected chi connectivity index (χ1v) is 10.3. The normalized spacial score (nSPS) is 13.7. The van der Waals surface area contributed by atoms with Gasteiger partial charge in [0.05, 0.1) is 5.75 Å². The van der Waals surface area contributed by atoms with Gasteiger partial charge in [0.25, 0.3) is 5.22 Å². The van der Waals surface area contributed by atoms with Crippen molar-refractivity contribution in [2.45, 2.75) is 71.8 Å². The number of nitrogens with one attached hydrogen (secondary N) is 1. The van der Waals surface area contributed by atoms with Crippen LogP contribution in [0.3, 0.4) is 0 Å². The van der Waals surface area contributed by atoms with Crippen molar-refractivity contribution in [2.24, 2.45) is 5.92 Å². The zero-order chi connectivity index (χ0) is 20.6. The second-order valence-electron chi connectivity index (χ2n) is 7.27. The minimum absolute atomic E-state index is 0.0232. The van der Waals surface area contributed by atoms with Crippen LogP contribution in [0.2, 0.25) is 0 Å². The Morgan fingerprint density at radius 3 is 2.37 bits per heavy atom. The molecule has 0 saturated carbocycles. The van der Waals surface area contributed by atoms with Gasteiger partial charge in [0, 0.05) is 13.1 Å². The summed E-state index contributed by atoms with van der Waals surface area (Å²) in [4.78, 5) is 26.0. The fraction of sp³-hybridized carbons (Fsp3) is 0.778. The van der Waals surface area contributed by atoms with Gasteiger partial charge in [-0.3, -0.25) is 4.79 Å². The number of carbonyl (C=O) groups excluding carboxylic acids is 2. The molecule has 2 atom stereocenters. The lowest BCUT2D eigenvalue weighted by atomic mass is 9.99. The topological polar surface area (TPSA) is 97.6 Å². The smallest absolute Gasteiger partial charge is 0.408 e. The molecule has 27 heavy (non-hydrogen) atoms. The first kappa shape index (κ1) is 23.3. The van der Waals surface area contributed by atoms with Gasteiger partial charge in [0.1, 0.15) is 11.6 Å². The van der Waals surface area contributed by atoms with E-state index in [-0.39, 0.29) is 17.6 Å². The van der Waals surface area contributed by atoms with Crippen LogP contribution in [0.25, 0.3) is 0 Å². The number of alkyl carbamates (subject to hydrolysis) is 1. The lowest BCUT2D eigenvalue weighted by Gasteiger charge is -2.24. The third kappa shape index (κ3) is 7.78. The summed E-state index contributed by atoms with van der Waals surface area (Å²) in [5.74, 6) is 0.646. The molecule has 0 aliphatic heterocycles.